The summed E-state index contributed by atoms with van der Waals surface area (Å²) in [4.78, 5) is 16.1. The number of hydrogen-bond donors (Lipinski definition) is 2. The van der Waals surface area contributed by atoms with E-state index in [2.05, 4.69) is 15.6 Å². The van der Waals surface area contributed by atoms with Crippen molar-refractivity contribution in [3.63, 3.8) is 0 Å². The standard InChI is InChI=1S/C17H27N3O3.HI/c1-5-18-17(20-13(3)12-22-4)19-11-14-7-9-15(10-8-14)16(21)23-6-2;/h7-10,13H,5-6,11-12H2,1-4H3,(H2,18,19,20);1H. The van der Waals surface area contributed by atoms with E-state index in [1.165, 1.54) is 0 Å². The molecule has 1 aromatic carbocycles. The van der Waals surface area contributed by atoms with E-state index in [-0.39, 0.29) is 36.0 Å². The first-order valence-electron chi connectivity index (χ1n) is 7.90. The number of nitrogens with zero attached hydrogens (tertiary/aromatic N) is 1. The topological polar surface area (TPSA) is 72.0 Å². The van der Waals surface area contributed by atoms with Crippen molar-refractivity contribution >= 4 is 35.9 Å². The normalized spacial score (nSPS) is 12.1. The molecule has 0 saturated carbocycles. The molecule has 0 radical (unpaired) electrons. The van der Waals surface area contributed by atoms with Crippen molar-refractivity contribution in [1.29, 1.82) is 0 Å². The van der Waals surface area contributed by atoms with Crippen LogP contribution in [0.25, 0.3) is 0 Å². The maximum atomic E-state index is 11.6. The largest absolute Gasteiger partial charge is 0.462 e. The minimum Gasteiger partial charge on any atom is -0.462 e. The van der Waals surface area contributed by atoms with Crippen LogP contribution in [0.15, 0.2) is 29.3 Å². The molecule has 0 fully saturated rings. The predicted molar refractivity (Wildman–Crippen MR) is 107 cm³/mol. The van der Waals surface area contributed by atoms with Crippen LogP contribution in [0.1, 0.15) is 36.7 Å². The molecule has 1 rings (SSSR count). The number of carbonyl (C=O) groups is 1. The maximum absolute atomic E-state index is 11.6. The van der Waals surface area contributed by atoms with E-state index >= 15 is 0 Å². The molecular weight excluding hydrogens is 421 g/mol. The van der Waals surface area contributed by atoms with Crippen molar-refractivity contribution in [2.75, 3.05) is 26.9 Å². The number of benzene rings is 1. The zero-order chi connectivity index (χ0) is 17.1. The van der Waals surface area contributed by atoms with Crippen LogP contribution in [0.5, 0.6) is 0 Å². The highest BCUT2D eigenvalue weighted by Crippen LogP contribution is 2.07. The van der Waals surface area contributed by atoms with Crippen molar-refractivity contribution in [1.82, 2.24) is 10.6 Å². The summed E-state index contributed by atoms with van der Waals surface area (Å²) in [5.41, 5.74) is 1.58. The van der Waals surface area contributed by atoms with Gasteiger partial charge in [-0.1, -0.05) is 12.1 Å². The molecule has 1 unspecified atom stereocenters. The molecular formula is C17H28IN3O3. The average Bonchev–Trinajstić information content (AvgIpc) is 2.54. The van der Waals surface area contributed by atoms with Gasteiger partial charge >= 0.3 is 5.97 Å². The number of aliphatic imine (C=N–C) groups is 1. The summed E-state index contributed by atoms with van der Waals surface area (Å²) >= 11 is 0. The van der Waals surface area contributed by atoms with Crippen LogP contribution in [0, 0.1) is 0 Å². The second-order valence-corrected chi connectivity index (χ2v) is 5.11. The van der Waals surface area contributed by atoms with Gasteiger partial charge in [-0.3, -0.25) is 0 Å². The molecule has 0 amide bonds. The van der Waals surface area contributed by atoms with Gasteiger partial charge in [0.15, 0.2) is 5.96 Å². The Morgan fingerprint density at radius 3 is 2.46 bits per heavy atom. The van der Waals surface area contributed by atoms with Gasteiger partial charge in [0.2, 0.25) is 0 Å². The molecule has 0 aliphatic carbocycles. The van der Waals surface area contributed by atoms with Crippen molar-refractivity contribution in [2.24, 2.45) is 4.99 Å². The molecule has 0 aliphatic rings. The minimum atomic E-state index is -0.300. The number of methoxy groups -OCH3 is 1. The lowest BCUT2D eigenvalue weighted by atomic mass is 10.1. The third-order valence-corrected chi connectivity index (χ3v) is 3.03. The Hall–Kier alpha value is -1.35. The number of rotatable bonds is 8. The van der Waals surface area contributed by atoms with E-state index in [9.17, 15) is 4.79 Å². The zero-order valence-corrected chi connectivity index (χ0v) is 17.1. The molecule has 1 atom stereocenters. The molecule has 0 aromatic heterocycles. The van der Waals surface area contributed by atoms with Crippen LogP contribution in [0.4, 0.5) is 0 Å². The third kappa shape index (κ3) is 8.49. The predicted octanol–water partition coefficient (Wildman–Crippen LogP) is 2.57. The molecule has 0 aliphatic heterocycles. The Labute approximate surface area is 161 Å². The van der Waals surface area contributed by atoms with Crippen molar-refractivity contribution in [3.8, 4) is 0 Å². The maximum Gasteiger partial charge on any atom is 0.338 e. The molecule has 136 valence electrons. The van der Waals surface area contributed by atoms with Gasteiger partial charge in [-0.15, -0.1) is 24.0 Å². The van der Waals surface area contributed by atoms with E-state index < -0.39 is 0 Å². The van der Waals surface area contributed by atoms with Crippen LogP contribution in [0.3, 0.4) is 0 Å². The van der Waals surface area contributed by atoms with Crippen molar-refractivity contribution in [2.45, 2.75) is 33.4 Å². The number of carbonyl (C=O) groups excluding carboxylic acids is 1. The quantitative estimate of drug-likeness (QED) is 0.276. The van der Waals surface area contributed by atoms with Crippen LogP contribution in [-0.4, -0.2) is 44.8 Å². The van der Waals surface area contributed by atoms with Crippen LogP contribution in [0.2, 0.25) is 0 Å². The molecule has 0 saturated heterocycles. The summed E-state index contributed by atoms with van der Waals surface area (Å²) in [5.74, 6) is 0.442. The number of esters is 1. The number of halogens is 1. The second kappa shape index (κ2) is 13.0. The minimum absolute atomic E-state index is 0. The first-order chi connectivity index (χ1) is 11.1. The second-order valence-electron chi connectivity index (χ2n) is 5.11. The van der Waals surface area contributed by atoms with Gasteiger partial charge in [-0.2, -0.15) is 0 Å². The Kier molecular flexibility index (Phi) is 12.3. The highest BCUT2D eigenvalue weighted by Gasteiger charge is 2.06. The SMILES string of the molecule is CCNC(=NCc1ccc(C(=O)OCC)cc1)NC(C)COC.I. The lowest BCUT2D eigenvalue weighted by Gasteiger charge is -2.17. The summed E-state index contributed by atoms with van der Waals surface area (Å²) < 4.78 is 10.1. The number of nitrogens with one attached hydrogen (secondary N) is 2. The highest BCUT2D eigenvalue weighted by atomic mass is 127. The highest BCUT2D eigenvalue weighted by molar-refractivity contribution is 14.0. The Morgan fingerprint density at radius 2 is 1.92 bits per heavy atom. The lowest BCUT2D eigenvalue weighted by molar-refractivity contribution is 0.0526. The van der Waals surface area contributed by atoms with Crippen LogP contribution in [-0.2, 0) is 16.0 Å². The van der Waals surface area contributed by atoms with Crippen LogP contribution >= 0.6 is 24.0 Å². The first-order valence-corrected chi connectivity index (χ1v) is 7.90. The van der Waals surface area contributed by atoms with Gasteiger partial charge in [0, 0.05) is 19.7 Å². The summed E-state index contributed by atoms with van der Waals surface area (Å²) in [6.45, 7) is 8.14. The average molecular weight is 449 g/mol. The smallest absolute Gasteiger partial charge is 0.338 e. The fourth-order valence-electron chi connectivity index (χ4n) is 1.98. The van der Waals surface area contributed by atoms with Gasteiger partial charge in [-0.05, 0) is 38.5 Å². The summed E-state index contributed by atoms with van der Waals surface area (Å²) in [6.07, 6.45) is 0. The Balaban J connectivity index is 0.00000529. The number of ether oxygens (including phenoxy) is 2. The number of guanidine groups is 1. The molecule has 7 heteroatoms. The molecule has 1 aromatic rings. The fraction of sp³-hybridized carbons (Fsp3) is 0.529. The Morgan fingerprint density at radius 1 is 1.25 bits per heavy atom. The van der Waals surface area contributed by atoms with Crippen molar-refractivity contribution in [3.05, 3.63) is 35.4 Å². The fourth-order valence-corrected chi connectivity index (χ4v) is 1.98. The van der Waals surface area contributed by atoms with E-state index in [1.807, 2.05) is 26.0 Å². The molecule has 6 nitrogen and oxygen atoms in total. The monoisotopic (exact) mass is 449 g/mol. The molecule has 0 spiro atoms. The van der Waals surface area contributed by atoms with E-state index in [1.54, 1.807) is 26.2 Å². The van der Waals surface area contributed by atoms with Gasteiger partial charge in [-0.25, -0.2) is 9.79 Å². The summed E-state index contributed by atoms with van der Waals surface area (Å²) in [6, 6.07) is 7.47. The number of hydrogen-bond acceptors (Lipinski definition) is 4. The molecule has 2 N–H and O–H groups in total. The van der Waals surface area contributed by atoms with Gasteiger partial charge < -0.3 is 20.1 Å². The first kappa shape index (κ1) is 22.6. The van der Waals surface area contributed by atoms with Gasteiger partial charge in [0.25, 0.3) is 0 Å². The summed E-state index contributed by atoms with van der Waals surface area (Å²) in [5, 5.41) is 6.47. The zero-order valence-electron chi connectivity index (χ0n) is 14.8. The van der Waals surface area contributed by atoms with E-state index in [0.29, 0.717) is 25.3 Å². The van der Waals surface area contributed by atoms with Crippen molar-refractivity contribution < 1.29 is 14.3 Å². The van der Waals surface area contributed by atoms with E-state index in [4.69, 9.17) is 9.47 Å². The molecule has 0 heterocycles. The lowest BCUT2D eigenvalue weighted by Crippen LogP contribution is -2.43. The van der Waals surface area contributed by atoms with E-state index in [0.717, 1.165) is 18.1 Å². The Bertz CT molecular complexity index is 506. The van der Waals surface area contributed by atoms with Crippen LogP contribution < -0.4 is 10.6 Å². The summed E-state index contributed by atoms with van der Waals surface area (Å²) in [7, 11) is 1.67. The molecule has 0 bridgehead atoms. The van der Waals surface area contributed by atoms with Gasteiger partial charge in [0.1, 0.15) is 0 Å². The molecule has 24 heavy (non-hydrogen) atoms. The van der Waals surface area contributed by atoms with Gasteiger partial charge in [0.05, 0.1) is 25.3 Å². The third-order valence-electron chi connectivity index (χ3n) is 3.03.